The van der Waals surface area contributed by atoms with Gasteiger partial charge in [0.2, 0.25) is 0 Å². The number of rotatable bonds is 16. The van der Waals surface area contributed by atoms with Crippen LogP contribution in [0, 0.1) is 46.3 Å². The minimum absolute atomic E-state index is 0.0794. The van der Waals surface area contributed by atoms with Crippen LogP contribution in [-0.2, 0) is 42.6 Å². The van der Waals surface area contributed by atoms with E-state index in [2.05, 4.69) is 26.8 Å². The van der Waals surface area contributed by atoms with E-state index in [0.717, 1.165) is 31.3 Å². The summed E-state index contributed by atoms with van der Waals surface area (Å²) in [6.45, 7) is 5.63. The van der Waals surface area contributed by atoms with E-state index in [9.17, 15) is 81.7 Å². The van der Waals surface area contributed by atoms with Crippen molar-refractivity contribution in [3.05, 3.63) is 11.6 Å². The van der Waals surface area contributed by atoms with Crippen LogP contribution < -0.4 is 0 Å². The second-order valence-corrected chi connectivity index (χ2v) is 24.0. The Balaban J connectivity index is 0.857. The summed E-state index contributed by atoms with van der Waals surface area (Å²) in [6.07, 6.45) is -28.5. The second kappa shape index (κ2) is 23.2. The SMILES string of the molecule is CC(CCC1(O)OC2CC3C4CC=C5CC(OC6OC(CO)C(O)C(O)C6OC6OC(CO)C(O)C(O)C6OC6OC(CO)C(O)C(O)C6O)C(O)CC5(C)C4CCC3(C)C2C1C)COC1OC(CO)C(O)C(O)C1O. The van der Waals surface area contributed by atoms with E-state index < -0.39 is 173 Å². The lowest BCUT2D eigenvalue weighted by atomic mass is 9.46. The van der Waals surface area contributed by atoms with Gasteiger partial charge in [0.25, 0.3) is 0 Å². The van der Waals surface area contributed by atoms with Crippen LogP contribution in [0.5, 0.6) is 0 Å². The number of hydrogen-bond donors (Lipinski definition) is 16. The lowest BCUT2D eigenvalue weighted by Gasteiger charge is -2.59. The first-order chi connectivity index (χ1) is 35.9. The third-order valence-electron chi connectivity index (χ3n) is 19.6. The largest absolute Gasteiger partial charge is 0.394 e. The topological polar surface area (TPSA) is 407 Å². The minimum Gasteiger partial charge on any atom is -0.394 e. The Kier molecular flexibility index (Phi) is 18.1. The number of aliphatic hydroxyl groups excluding tert-OH is 15. The standard InChI is InChI=1S/C51H84O25/c1-19(18-68-45-41(65)37(61)33(57)28(14-52)70-45)7-10-51(67)20(2)32-27(76-51)12-24-22-6-5-21-11-26(25(56)13-50(21,4)23(22)8-9-49(24,32)3)69-47-43(39(63)35(59)30(16-54)72-47)75-48-44(40(64)36(60)31(17-55)73-48)74-46-42(66)38(62)34(58)29(15-53)71-46/h5,19-20,22-48,52-67H,6-18H2,1-4H3. The summed E-state index contributed by atoms with van der Waals surface area (Å²) < 4.78 is 53.7. The fourth-order valence-electron chi connectivity index (χ4n) is 15.1. The molecule has 0 aromatic carbocycles. The highest BCUT2D eigenvalue weighted by Gasteiger charge is 2.68. The molecule has 9 aliphatic rings. The molecule has 32 atom stereocenters. The first-order valence-corrected chi connectivity index (χ1v) is 27.2. The zero-order chi connectivity index (χ0) is 55.1. The Morgan fingerprint density at radius 2 is 1.13 bits per heavy atom. The number of hydrogen-bond acceptors (Lipinski definition) is 25. The molecule has 4 aliphatic carbocycles. The van der Waals surface area contributed by atoms with Gasteiger partial charge in [-0.2, -0.15) is 0 Å². The summed E-state index contributed by atoms with van der Waals surface area (Å²) in [6, 6.07) is 0. The van der Waals surface area contributed by atoms with Crippen LogP contribution in [0.15, 0.2) is 11.6 Å². The molecule has 5 saturated heterocycles. The summed E-state index contributed by atoms with van der Waals surface area (Å²) in [5, 5.41) is 171. The monoisotopic (exact) mass is 1100 g/mol. The van der Waals surface area contributed by atoms with Gasteiger partial charge in [0.05, 0.1) is 51.3 Å². The lowest BCUT2D eigenvalue weighted by molar-refractivity contribution is -0.397. The van der Waals surface area contributed by atoms with Crippen molar-refractivity contribution >= 4 is 0 Å². The molecule has 0 spiro atoms. The maximum atomic E-state index is 12.1. The van der Waals surface area contributed by atoms with Crippen LogP contribution in [0.3, 0.4) is 0 Å². The Morgan fingerprint density at radius 3 is 1.70 bits per heavy atom. The maximum absolute atomic E-state index is 12.1. The first-order valence-electron chi connectivity index (χ1n) is 27.2. The highest BCUT2D eigenvalue weighted by Crippen LogP contribution is 2.70. The summed E-state index contributed by atoms with van der Waals surface area (Å²) in [5.41, 5.74) is 0.465. The van der Waals surface area contributed by atoms with Gasteiger partial charge in [-0.1, -0.05) is 39.3 Å². The predicted octanol–water partition coefficient (Wildman–Crippen LogP) is -5.06. The van der Waals surface area contributed by atoms with Gasteiger partial charge in [-0.25, -0.2) is 0 Å². The number of ether oxygens (including phenoxy) is 9. The van der Waals surface area contributed by atoms with Crippen LogP contribution >= 0.6 is 0 Å². The summed E-state index contributed by atoms with van der Waals surface area (Å²) >= 11 is 0. The van der Waals surface area contributed by atoms with E-state index in [-0.39, 0.29) is 60.1 Å². The third-order valence-corrected chi connectivity index (χ3v) is 19.6. The van der Waals surface area contributed by atoms with Crippen LogP contribution in [0.1, 0.15) is 79.1 Å². The Hall–Kier alpha value is -1.26. The quantitative estimate of drug-likeness (QED) is 0.0643. The van der Waals surface area contributed by atoms with Crippen LogP contribution in [0.2, 0.25) is 0 Å². The highest BCUT2D eigenvalue weighted by atomic mass is 16.8. The van der Waals surface area contributed by atoms with Gasteiger partial charge in [0.15, 0.2) is 30.9 Å². The van der Waals surface area contributed by atoms with Crippen molar-refractivity contribution in [2.45, 2.75) is 226 Å². The number of allylic oxidation sites excluding steroid dienone is 1. The van der Waals surface area contributed by atoms with Crippen LogP contribution in [-0.4, -0.2) is 262 Å². The van der Waals surface area contributed by atoms with Crippen molar-refractivity contribution in [1.82, 2.24) is 0 Å². The lowest BCUT2D eigenvalue weighted by Crippen LogP contribution is -2.67. The van der Waals surface area contributed by atoms with E-state index in [1.807, 2.05) is 6.92 Å². The average Bonchev–Trinajstić information content (AvgIpc) is 3.90. The fraction of sp³-hybridized carbons (Fsp3) is 0.961. The van der Waals surface area contributed by atoms with Crippen molar-refractivity contribution in [2.24, 2.45) is 46.3 Å². The molecule has 0 aromatic rings. The molecule has 76 heavy (non-hydrogen) atoms. The molecule has 5 heterocycles. The molecule has 16 N–H and O–H groups in total. The van der Waals surface area contributed by atoms with Gasteiger partial charge in [-0.15, -0.1) is 0 Å². The number of fused-ring (bicyclic) bond motifs is 7. The molecular formula is C51H84O25. The molecule has 0 bridgehead atoms. The van der Waals surface area contributed by atoms with E-state index in [0.29, 0.717) is 19.3 Å². The fourth-order valence-corrected chi connectivity index (χ4v) is 15.1. The van der Waals surface area contributed by atoms with Crippen molar-refractivity contribution in [3.8, 4) is 0 Å². The molecule has 438 valence electrons. The van der Waals surface area contributed by atoms with Crippen molar-refractivity contribution in [2.75, 3.05) is 33.0 Å². The van der Waals surface area contributed by atoms with Gasteiger partial charge in [-0.3, -0.25) is 0 Å². The zero-order valence-corrected chi connectivity index (χ0v) is 43.3. The number of aliphatic hydroxyl groups is 16. The molecule has 9 rings (SSSR count). The van der Waals surface area contributed by atoms with Crippen molar-refractivity contribution in [1.29, 1.82) is 0 Å². The van der Waals surface area contributed by atoms with E-state index in [1.165, 1.54) is 0 Å². The van der Waals surface area contributed by atoms with Gasteiger partial charge in [0.1, 0.15) is 97.7 Å². The molecular weight excluding hydrogens is 1010 g/mol. The van der Waals surface area contributed by atoms with E-state index >= 15 is 0 Å². The molecule has 3 saturated carbocycles. The zero-order valence-electron chi connectivity index (χ0n) is 43.3. The van der Waals surface area contributed by atoms with Gasteiger partial charge in [-0.05, 0) is 85.4 Å². The smallest absolute Gasteiger partial charge is 0.187 e. The second-order valence-electron chi connectivity index (χ2n) is 24.0. The Morgan fingerprint density at radius 1 is 0.632 bits per heavy atom. The first kappa shape index (κ1) is 59.4. The molecule has 0 amide bonds. The molecule has 0 radical (unpaired) electrons. The van der Waals surface area contributed by atoms with Crippen LogP contribution in [0.4, 0.5) is 0 Å². The summed E-state index contributed by atoms with van der Waals surface area (Å²) in [4.78, 5) is 0. The van der Waals surface area contributed by atoms with Gasteiger partial charge >= 0.3 is 0 Å². The normalized spacial score (nSPS) is 54.8. The molecule has 32 unspecified atom stereocenters. The summed E-state index contributed by atoms with van der Waals surface area (Å²) in [5.74, 6) is -0.922. The average molecular weight is 1100 g/mol. The summed E-state index contributed by atoms with van der Waals surface area (Å²) in [7, 11) is 0. The molecule has 0 aromatic heterocycles. The molecule has 5 aliphatic heterocycles. The maximum Gasteiger partial charge on any atom is 0.187 e. The van der Waals surface area contributed by atoms with Crippen LogP contribution in [0.25, 0.3) is 0 Å². The highest BCUT2D eigenvalue weighted by molar-refractivity contribution is 5.27. The molecule has 8 fully saturated rings. The predicted molar refractivity (Wildman–Crippen MR) is 253 cm³/mol. The van der Waals surface area contributed by atoms with Crippen molar-refractivity contribution < 1.29 is 124 Å². The Labute approximate surface area is 440 Å². The molecule has 25 nitrogen and oxygen atoms in total. The third kappa shape index (κ3) is 10.5. The molecule has 25 heteroatoms. The van der Waals surface area contributed by atoms with Gasteiger partial charge < -0.3 is 124 Å². The Bertz CT molecular complexity index is 1970. The van der Waals surface area contributed by atoms with Crippen molar-refractivity contribution in [3.63, 3.8) is 0 Å². The minimum atomic E-state index is -1.96. The van der Waals surface area contributed by atoms with E-state index in [4.69, 9.17) is 42.6 Å². The van der Waals surface area contributed by atoms with Gasteiger partial charge in [0, 0.05) is 12.3 Å². The van der Waals surface area contributed by atoms with E-state index in [1.54, 1.807) is 0 Å².